The molecule has 1 heterocycles. The molecular formula is C20H24N2O2. The van der Waals surface area contributed by atoms with Crippen LogP contribution >= 0.6 is 0 Å². The van der Waals surface area contributed by atoms with Crippen LogP contribution in [0.3, 0.4) is 0 Å². The average molecular weight is 324 g/mol. The highest BCUT2D eigenvalue weighted by Crippen LogP contribution is 2.33. The lowest BCUT2D eigenvalue weighted by atomic mass is 9.78. The molecular weight excluding hydrogens is 300 g/mol. The van der Waals surface area contributed by atoms with Crippen LogP contribution in [-0.4, -0.2) is 15.9 Å². The maximum absolute atomic E-state index is 12.1. The van der Waals surface area contributed by atoms with Crippen molar-refractivity contribution in [1.29, 1.82) is 0 Å². The predicted octanol–water partition coefficient (Wildman–Crippen LogP) is 3.96. The summed E-state index contributed by atoms with van der Waals surface area (Å²) in [6.07, 6.45) is 11.4. The van der Waals surface area contributed by atoms with Gasteiger partial charge in [-0.25, -0.2) is 0 Å². The minimum atomic E-state index is -0.0796. The number of carbonyl (C=O) groups is 1. The first-order valence-corrected chi connectivity index (χ1v) is 8.74. The molecule has 1 aromatic heterocycles. The molecule has 126 valence electrons. The zero-order valence-electron chi connectivity index (χ0n) is 13.9. The van der Waals surface area contributed by atoms with Gasteiger partial charge in [-0.05, 0) is 36.7 Å². The highest BCUT2D eigenvalue weighted by Gasteiger charge is 2.25. The van der Waals surface area contributed by atoms with Gasteiger partial charge in [0.25, 0.3) is 0 Å². The summed E-state index contributed by atoms with van der Waals surface area (Å²) in [5.74, 6) is 0.954. The van der Waals surface area contributed by atoms with Gasteiger partial charge in [-0.1, -0.05) is 43.2 Å². The summed E-state index contributed by atoms with van der Waals surface area (Å²) in [5.41, 5.74) is 2.09. The van der Waals surface area contributed by atoms with Gasteiger partial charge >= 0.3 is 5.97 Å². The molecule has 1 aliphatic rings. The fourth-order valence-corrected chi connectivity index (χ4v) is 3.54. The average Bonchev–Trinajstić information content (AvgIpc) is 2.62. The molecule has 0 unspecified atom stereocenters. The van der Waals surface area contributed by atoms with Crippen LogP contribution in [0.5, 0.6) is 0 Å². The van der Waals surface area contributed by atoms with Crippen LogP contribution in [0.25, 0.3) is 0 Å². The number of hydrogen-bond acceptors (Lipinski definition) is 4. The SMILES string of the molecule is O=C(C[C@H]1CCC[C@@H](Cc2cnccn2)C1)OCc1ccccc1. The molecule has 0 saturated heterocycles. The topological polar surface area (TPSA) is 52.1 Å². The van der Waals surface area contributed by atoms with Crippen LogP contribution in [0.2, 0.25) is 0 Å². The molecule has 1 aromatic carbocycles. The molecule has 3 rings (SSSR count). The van der Waals surface area contributed by atoms with Gasteiger partial charge in [-0.15, -0.1) is 0 Å². The van der Waals surface area contributed by atoms with Crippen LogP contribution in [-0.2, 0) is 22.6 Å². The van der Waals surface area contributed by atoms with E-state index in [9.17, 15) is 4.79 Å². The molecule has 1 aliphatic carbocycles. The van der Waals surface area contributed by atoms with Gasteiger partial charge < -0.3 is 4.74 Å². The Morgan fingerprint density at radius 3 is 2.75 bits per heavy atom. The van der Waals surface area contributed by atoms with E-state index in [2.05, 4.69) is 9.97 Å². The molecule has 2 aromatic rings. The van der Waals surface area contributed by atoms with E-state index in [0.29, 0.717) is 24.9 Å². The fourth-order valence-electron chi connectivity index (χ4n) is 3.54. The first-order valence-electron chi connectivity index (χ1n) is 8.74. The monoisotopic (exact) mass is 324 g/mol. The number of hydrogen-bond donors (Lipinski definition) is 0. The Morgan fingerprint density at radius 2 is 1.96 bits per heavy atom. The first kappa shape index (κ1) is 16.6. The molecule has 0 aliphatic heterocycles. The minimum absolute atomic E-state index is 0.0796. The molecule has 4 heteroatoms. The lowest BCUT2D eigenvalue weighted by molar-refractivity contribution is -0.146. The second kappa shape index (κ2) is 8.57. The van der Waals surface area contributed by atoms with Crippen molar-refractivity contribution in [1.82, 2.24) is 9.97 Å². The molecule has 0 bridgehead atoms. The molecule has 24 heavy (non-hydrogen) atoms. The van der Waals surface area contributed by atoms with E-state index in [1.165, 1.54) is 12.8 Å². The van der Waals surface area contributed by atoms with Crippen LogP contribution in [0.4, 0.5) is 0 Å². The van der Waals surface area contributed by atoms with Crippen LogP contribution < -0.4 is 0 Å². The fraction of sp³-hybridized carbons (Fsp3) is 0.450. The van der Waals surface area contributed by atoms with Gasteiger partial charge in [-0.3, -0.25) is 14.8 Å². The molecule has 1 saturated carbocycles. The summed E-state index contributed by atoms with van der Waals surface area (Å²) in [4.78, 5) is 20.6. The lowest BCUT2D eigenvalue weighted by Gasteiger charge is -2.28. The predicted molar refractivity (Wildman–Crippen MR) is 92.0 cm³/mol. The number of rotatable bonds is 6. The Bertz CT molecular complexity index is 631. The van der Waals surface area contributed by atoms with Crippen molar-refractivity contribution in [2.24, 2.45) is 11.8 Å². The second-order valence-electron chi connectivity index (χ2n) is 6.65. The van der Waals surface area contributed by atoms with Crippen molar-refractivity contribution < 1.29 is 9.53 Å². The molecule has 0 spiro atoms. The summed E-state index contributed by atoms with van der Waals surface area (Å²) in [5, 5.41) is 0. The van der Waals surface area contributed by atoms with E-state index in [-0.39, 0.29) is 5.97 Å². The Kier molecular flexibility index (Phi) is 5.94. The highest BCUT2D eigenvalue weighted by atomic mass is 16.5. The van der Waals surface area contributed by atoms with Gasteiger partial charge in [0.05, 0.1) is 5.69 Å². The van der Waals surface area contributed by atoms with Crippen molar-refractivity contribution in [3.05, 3.63) is 60.2 Å². The smallest absolute Gasteiger partial charge is 0.306 e. The number of esters is 1. The Balaban J connectivity index is 1.44. The lowest BCUT2D eigenvalue weighted by Crippen LogP contribution is -2.21. The van der Waals surface area contributed by atoms with E-state index >= 15 is 0 Å². The van der Waals surface area contributed by atoms with E-state index in [0.717, 1.165) is 30.5 Å². The quantitative estimate of drug-likeness (QED) is 0.755. The Hall–Kier alpha value is -2.23. The molecule has 0 amide bonds. The normalized spacial score (nSPS) is 20.5. The third-order valence-electron chi connectivity index (χ3n) is 4.70. The Morgan fingerprint density at radius 1 is 1.12 bits per heavy atom. The molecule has 0 radical (unpaired) electrons. The van der Waals surface area contributed by atoms with Crippen molar-refractivity contribution >= 4 is 5.97 Å². The van der Waals surface area contributed by atoms with Gasteiger partial charge in [0.15, 0.2) is 0 Å². The van der Waals surface area contributed by atoms with Gasteiger partial charge in [0.1, 0.15) is 6.61 Å². The first-order chi connectivity index (χ1) is 11.8. The highest BCUT2D eigenvalue weighted by molar-refractivity contribution is 5.69. The van der Waals surface area contributed by atoms with Crippen molar-refractivity contribution in [2.45, 2.75) is 45.1 Å². The van der Waals surface area contributed by atoms with Crippen molar-refractivity contribution in [2.75, 3.05) is 0 Å². The van der Waals surface area contributed by atoms with Gasteiger partial charge in [0.2, 0.25) is 0 Å². The van der Waals surface area contributed by atoms with Crippen molar-refractivity contribution in [3.63, 3.8) is 0 Å². The number of ether oxygens (including phenoxy) is 1. The summed E-state index contributed by atoms with van der Waals surface area (Å²) in [6, 6.07) is 9.84. The molecule has 2 atom stereocenters. The van der Waals surface area contributed by atoms with Crippen LogP contribution in [0, 0.1) is 11.8 Å². The zero-order chi connectivity index (χ0) is 16.6. The van der Waals surface area contributed by atoms with Gasteiger partial charge in [-0.2, -0.15) is 0 Å². The maximum Gasteiger partial charge on any atom is 0.306 e. The minimum Gasteiger partial charge on any atom is -0.461 e. The van der Waals surface area contributed by atoms with Crippen LogP contribution in [0.1, 0.15) is 43.4 Å². The third kappa shape index (κ3) is 5.15. The summed E-state index contributed by atoms with van der Waals surface area (Å²) in [6.45, 7) is 0.370. The summed E-state index contributed by atoms with van der Waals surface area (Å²) in [7, 11) is 0. The largest absolute Gasteiger partial charge is 0.461 e. The third-order valence-corrected chi connectivity index (χ3v) is 4.70. The van der Waals surface area contributed by atoms with Gasteiger partial charge in [0, 0.05) is 25.0 Å². The standard InChI is InChI=1S/C20H24N2O2/c23-20(24-15-16-5-2-1-3-6-16)13-18-8-4-7-17(11-18)12-19-14-21-9-10-22-19/h1-3,5-6,9-10,14,17-18H,4,7-8,11-13,15H2/t17-,18+/m1/s1. The number of benzene rings is 1. The number of aromatic nitrogens is 2. The van der Waals surface area contributed by atoms with E-state index in [1.807, 2.05) is 36.5 Å². The Labute approximate surface area is 143 Å². The molecule has 0 N–H and O–H groups in total. The van der Waals surface area contributed by atoms with Crippen LogP contribution in [0.15, 0.2) is 48.9 Å². The van der Waals surface area contributed by atoms with Crippen molar-refractivity contribution in [3.8, 4) is 0 Å². The van der Waals surface area contributed by atoms with E-state index in [1.54, 1.807) is 12.4 Å². The summed E-state index contributed by atoms with van der Waals surface area (Å²) < 4.78 is 5.42. The maximum atomic E-state index is 12.1. The molecule has 1 fully saturated rings. The second-order valence-corrected chi connectivity index (χ2v) is 6.65. The number of carbonyl (C=O) groups excluding carboxylic acids is 1. The zero-order valence-corrected chi connectivity index (χ0v) is 13.9. The summed E-state index contributed by atoms with van der Waals surface area (Å²) >= 11 is 0. The molecule has 4 nitrogen and oxygen atoms in total. The van der Waals surface area contributed by atoms with E-state index in [4.69, 9.17) is 4.74 Å². The van der Waals surface area contributed by atoms with E-state index < -0.39 is 0 Å². The number of nitrogens with zero attached hydrogens (tertiary/aromatic N) is 2.